The highest BCUT2D eigenvalue weighted by Gasteiger charge is 2.24. The third-order valence-electron chi connectivity index (χ3n) is 2.87. The van der Waals surface area contributed by atoms with E-state index in [2.05, 4.69) is 11.0 Å². The van der Waals surface area contributed by atoms with E-state index in [0.717, 1.165) is 25.1 Å². The van der Waals surface area contributed by atoms with Gasteiger partial charge in [-0.2, -0.15) is 5.26 Å². The zero-order chi connectivity index (χ0) is 10.7. The Morgan fingerprint density at radius 2 is 2.40 bits per heavy atom. The molecule has 1 aromatic rings. The lowest BCUT2D eigenvalue weighted by Gasteiger charge is -2.25. The Balaban J connectivity index is 2.19. The number of aromatic hydroxyl groups is 1. The van der Waals surface area contributed by atoms with Gasteiger partial charge < -0.3 is 10.0 Å². The van der Waals surface area contributed by atoms with E-state index >= 15 is 0 Å². The molecule has 1 atom stereocenters. The normalized spacial score (nSPS) is 20.2. The molecule has 1 aliphatic heterocycles. The van der Waals surface area contributed by atoms with Gasteiger partial charge in [0.05, 0.1) is 12.5 Å². The second kappa shape index (κ2) is 4.22. The predicted molar refractivity (Wildman–Crippen MR) is 58.7 cm³/mol. The summed E-state index contributed by atoms with van der Waals surface area (Å²) in [6.07, 6.45) is 2.76. The van der Waals surface area contributed by atoms with Gasteiger partial charge in [0.15, 0.2) is 0 Å². The molecule has 1 saturated heterocycles. The minimum absolute atomic E-state index is 0.287. The molecule has 15 heavy (non-hydrogen) atoms. The Bertz CT molecular complexity index is 383. The minimum atomic E-state index is 0.287. The molecule has 1 fully saturated rings. The van der Waals surface area contributed by atoms with E-state index in [9.17, 15) is 5.11 Å². The van der Waals surface area contributed by atoms with Crippen molar-refractivity contribution in [2.45, 2.75) is 25.3 Å². The minimum Gasteiger partial charge on any atom is -0.508 e. The fourth-order valence-electron chi connectivity index (χ4n) is 2.16. The molecule has 1 heterocycles. The number of hydrogen-bond acceptors (Lipinski definition) is 3. The van der Waals surface area contributed by atoms with Gasteiger partial charge in [-0.25, -0.2) is 0 Å². The number of phenolic OH excluding ortho intramolecular Hbond substituents is 1. The van der Waals surface area contributed by atoms with Crippen molar-refractivity contribution in [3.05, 3.63) is 24.3 Å². The monoisotopic (exact) mass is 202 g/mol. The van der Waals surface area contributed by atoms with Crippen molar-refractivity contribution >= 4 is 5.69 Å². The van der Waals surface area contributed by atoms with Crippen molar-refractivity contribution in [2.24, 2.45) is 0 Å². The quantitative estimate of drug-likeness (QED) is 0.800. The fourth-order valence-corrected chi connectivity index (χ4v) is 2.16. The molecule has 1 unspecified atom stereocenters. The number of rotatable bonds is 2. The molecule has 0 radical (unpaired) electrons. The first kappa shape index (κ1) is 9.85. The van der Waals surface area contributed by atoms with Crippen LogP contribution < -0.4 is 4.90 Å². The molecular formula is C12H14N2O. The van der Waals surface area contributed by atoms with Crippen molar-refractivity contribution < 1.29 is 5.11 Å². The van der Waals surface area contributed by atoms with Crippen LogP contribution in [0.1, 0.15) is 19.3 Å². The summed E-state index contributed by atoms with van der Waals surface area (Å²) in [6.45, 7) is 0.982. The highest BCUT2D eigenvalue weighted by atomic mass is 16.3. The second-order valence-corrected chi connectivity index (χ2v) is 3.87. The summed E-state index contributed by atoms with van der Waals surface area (Å²) in [4.78, 5) is 2.21. The van der Waals surface area contributed by atoms with E-state index in [4.69, 9.17) is 5.26 Å². The summed E-state index contributed by atoms with van der Waals surface area (Å²) in [5.41, 5.74) is 1.02. The maximum atomic E-state index is 9.40. The van der Waals surface area contributed by atoms with Crippen LogP contribution in [0.15, 0.2) is 24.3 Å². The van der Waals surface area contributed by atoms with E-state index in [1.54, 1.807) is 12.1 Å². The number of hydrogen-bond donors (Lipinski definition) is 1. The molecule has 78 valence electrons. The van der Waals surface area contributed by atoms with E-state index in [0.29, 0.717) is 12.5 Å². The molecule has 0 aliphatic carbocycles. The highest BCUT2D eigenvalue weighted by molar-refractivity contribution is 5.52. The fraction of sp³-hybridized carbons (Fsp3) is 0.417. The Kier molecular flexibility index (Phi) is 2.77. The number of nitriles is 1. The smallest absolute Gasteiger partial charge is 0.117 e. The second-order valence-electron chi connectivity index (χ2n) is 3.87. The van der Waals surface area contributed by atoms with Crippen molar-refractivity contribution in [3.63, 3.8) is 0 Å². The Morgan fingerprint density at radius 1 is 1.53 bits per heavy atom. The third-order valence-corrected chi connectivity index (χ3v) is 2.87. The zero-order valence-electron chi connectivity index (χ0n) is 8.56. The van der Waals surface area contributed by atoms with Crippen LogP contribution in [0.25, 0.3) is 0 Å². The molecule has 0 spiro atoms. The zero-order valence-corrected chi connectivity index (χ0v) is 8.56. The summed E-state index contributed by atoms with van der Waals surface area (Å²) in [5.74, 6) is 0.287. The maximum absolute atomic E-state index is 9.40. The van der Waals surface area contributed by atoms with Gasteiger partial charge >= 0.3 is 0 Å². The standard InChI is InChI=1S/C12H14N2O/c13-7-6-10-4-2-8-14(10)11-3-1-5-12(15)9-11/h1,3,5,9-10,15H,2,4,6,8H2. The van der Waals surface area contributed by atoms with Crippen molar-refractivity contribution in [1.82, 2.24) is 0 Å². The van der Waals surface area contributed by atoms with Crippen LogP contribution in [-0.2, 0) is 0 Å². The first-order valence-corrected chi connectivity index (χ1v) is 5.24. The Hall–Kier alpha value is -1.69. The van der Waals surface area contributed by atoms with Crippen molar-refractivity contribution in [1.29, 1.82) is 5.26 Å². The molecular weight excluding hydrogens is 188 g/mol. The number of nitrogens with zero attached hydrogens (tertiary/aromatic N) is 2. The molecule has 3 nitrogen and oxygen atoms in total. The number of phenols is 1. The molecule has 1 N–H and O–H groups in total. The molecule has 2 rings (SSSR count). The lowest BCUT2D eigenvalue weighted by molar-refractivity contribution is 0.475. The summed E-state index contributed by atoms with van der Waals surface area (Å²) in [6, 6.07) is 9.78. The number of anilines is 1. The first-order valence-electron chi connectivity index (χ1n) is 5.24. The topological polar surface area (TPSA) is 47.3 Å². The van der Waals surface area contributed by atoms with Gasteiger partial charge in [0.2, 0.25) is 0 Å². The largest absolute Gasteiger partial charge is 0.508 e. The van der Waals surface area contributed by atoms with E-state index in [-0.39, 0.29) is 5.75 Å². The van der Waals surface area contributed by atoms with Crippen LogP contribution in [0.2, 0.25) is 0 Å². The number of benzene rings is 1. The molecule has 0 aromatic heterocycles. The van der Waals surface area contributed by atoms with E-state index < -0.39 is 0 Å². The lowest BCUT2D eigenvalue weighted by Crippen LogP contribution is -2.28. The first-order chi connectivity index (χ1) is 7.31. The summed E-state index contributed by atoms with van der Waals surface area (Å²) < 4.78 is 0. The summed E-state index contributed by atoms with van der Waals surface area (Å²) in [7, 11) is 0. The Labute approximate surface area is 89.6 Å². The van der Waals surface area contributed by atoms with Crippen LogP contribution in [0.3, 0.4) is 0 Å². The average molecular weight is 202 g/mol. The SMILES string of the molecule is N#CCC1CCCN1c1cccc(O)c1. The van der Waals surface area contributed by atoms with Crippen molar-refractivity contribution in [2.75, 3.05) is 11.4 Å². The van der Waals surface area contributed by atoms with Crippen LogP contribution in [0.5, 0.6) is 5.75 Å². The van der Waals surface area contributed by atoms with Gasteiger partial charge in [0.1, 0.15) is 5.75 Å². The van der Waals surface area contributed by atoms with E-state index in [1.165, 1.54) is 0 Å². The third kappa shape index (κ3) is 2.04. The lowest BCUT2D eigenvalue weighted by atomic mass is 10.1. The Morgan fingerprint density at radius 3 is 3.13 bits per heavy atom. The molecule has 0 amide bonds. The molecule has 1 aromatic carbocycles. The molecule has 3 heteroatoms. The van der Waals surface area contributed by atoms with Gasteiger partial charge in [-0.3, -0.25) is 0 Å². The molecule has 0 bridgehead atoms. The van der Waals surface area contributed by atoms with Gasteiger partial charge in [-0.15, -0.1) is 0 Å². The van der Waals surface area contributed by atoms with Gasteiger partial charge in [-0.1, -0.05) is 6.07 Å². The molecule has 1 aliphatic rings. The van der Waals surface area contributed by atoms with Gasteiger partial charge in [0.25, 0.3) is 0 Å². The maximum Gasteiger partial charge on any atom is 0.117 e. The van der Waals surface area contributed by atoms with Crippen LogP contribution >= 0.6 is 0 Å². The summed E-state index contributed by atoms with van der Waals surface area (Å²) >= 11 is 0. The predicted octanol–water partition coefficient (Wildman–Crippen LogP) is 2.27. The summed E-state index contributed by atoms with van der Waals surface area (Å²) in [5, 5.41) is 18.1. The van der Waals surface area contributed by atoms with Gasteiger partial charge in [0, 0.05) is 24.3 Å². The van der Waals surface area contributed by atoms with Crippen LogP contribution in [-0.4, -0.2) is 17.7 Å². The van der Waals surface area contributed by atoms with Gasteiger partial charge in [-0.05, 0) is 25.0 Å². The average Bonchev–Trinajstić information content (AvgIpc) is 2.66. The van der Waals surface area contributed by atoms with Crippen molar-refractivity contribution in [3.8, 4) is 11.8 Å². The van der Waals surface area contributed by atoms with Crippen LogP contribution in [0.4, 0.5) is 5.69 Å². The highest BCUT2D eigenvalue weighted by Crippen LogP contribution is 2.29. The van der Waals surface area contributed by atoms with Crippen LogP contribution in [0, 0.1) is 11.3 Å². The molecule has 0 saturated carbocycles. The van der Waals surface area contributed by atoms with E-state index in [1.807, 2.05) is 12.1 Å².